The molecule has 2 rings (SSSR count). The van der Waals surface area contributed by atoms with E-state index in [1.165, 1.54) is 13.1 Å². The molecular weight excluding hydrogens is 326 g/mol. The Balaban J connectivity index is 1.81. The first-order valence-electron chi connectivity index (χ1n) is 7.10. The molecule has 0 unspecified atom stereocenters. The van der Waals surface area contributed by atoms with Crippen molar-refractivity contribution < 1.29 is 17.9 Å². The molecule has 1 aromatic heterocycles. The van der Waals surface area contributed by atoms with E-state index in [9.17, 15) is 13.2 Å². The van der Waals surface area contributed by atoms with Gasteiger partial charge in [0, 0.05) is 11.5 Å². The predicted molar refractivity (Wildman–Crippen MR) is 84.4 cm³/mol. The summed E-state index contributed by atoms with van der Waals surface area (Å²) in [5.74, 6) is 0. The van der Waals surface area contributed by atoms with Gasteiger partial charge in [-0.25, -0.2) is 17.9 Å². The van der Waals surface area contributed by atoms with Crippen LogP contribution in [-0.2, 0) is 21.3 Å². The van der Waals surface area contributed by atoms with Gasteiger partial charge in [-0.3, -0.25) is 0 Å². The van der Waals surface area contributed by atoms with Crippen LogP contribution in [-0.4, -0.2) is 40.2 Å². The monoisotopic (exact) mass is 347 g/mol. The van der Waals surface area contributed by atoms with Gasteiger partial charge in [0.2, 0.25) is 10.0 Å². The summed E-state index contributed by atoms with van der Waals surface area (Å²) in [7, 11) is -2.05. The van der Waals surface area contributed by atoms with Gasteiger partial charge in [0.25, 0.3) is 0 Å². The zero-order valence-corrected chi connectivity index (χ0v) is 14.2. The highest BCUT2D eigenvalue weighted by Gasteiger charge is 2.23. The Hall–Kier alpha value is -1.16. The molecular formula is C13H21N3O4S2. The van der Waals surface area contributed by atoms with Gasteiger partial charge in [-0.05, 0) is 38.9 Å². The van der Waals surface area contributed by atoms with Crippen molar-refractivity contribution in [3.05, 3.63) is 17.0 Å². The first-order chi connectivity index (χ1) is 10.4. The lowest BCUT2D eigenvalue weighted by Gasteiger charge is -2.20. The Morgan fingerprint density at radius 1 is 1.50 bits per heavy atom. The van der Waals surface area contributed by atoms with Gasteiger partial charge < -0.3 is 15.4 Å². The standard InChI is InChI=1S/C13H21N3O4S2/c1-9(11-4-3-7-20-11)16-13(17)15-8-10-5-6-12(21-10)22(18,19)14-2/h5-6,9,11,14H,3-4,7-8H2,1-2H3,(H2,15,16,17)/t9-,11-/m1/s1. The number of hydrogen-bond donors (Lipinski definition) is 3. The molecule has 2 atom stereocenters. The molecule has 0 aromatic carbocycles. The van der Waals surface area contributed by atoms with Crippen molar-refractivity contribution in [2.45, 2.75) is 42.7 Å². The number of thiophene rings is 1. The lowest BCUT2D eigenvalue weighted by Crippen LogP contribution is -2.45. The third-order valence-electron chi connectivity index (χ3n) is 3.48. The number of ether oxygens (including phenoxy) is 1. The van der Waals surface area contributed by atoms with Crippen molar-refractivity contribution in [3.63, 3.8) is 0 Å². The lowest BCUT2D eigenvalue weighted by molar-refractivity contribution is 0.0860. The maximum Gasteiger partial charge on any atom is 0.315 e. The molecule has 9 heteroatoms. The van der Waals surface area contributed by atoms with E-state index >= 15 is 0 Å². The average Bonchev–Trinajstić information content (AvgIpc) is 3.16. The van der Waals surface area contributed by atoms with Crippen LogP contribution in [0.15, 0.2) is 16.3 Å². The third-order valence-corrected chi connectivity index (χ3v) is 6.47. The maximum absolute atomic E-state index is 11.8. The molecule has 1 fully saturated rings. The van der Waals surface area contributed by atoms with Crippen LogP contribution in [0.25, 0.3) is 0 Å². The van der Waals surface area contributed by atoms with Crippen LogP contribution in [0.2, 0.25) is 0 Å². The molecule has 1 aliphatic heterocycles. The van der Waals surface area contributed by atoms with E-state index in [4.69, 9.17) is 4.74 Å². The van der Waals surface area contributed by atoms with Crippen molar-refractivity contribution in [1.82, 2.24) is 15.4 Å². The molecule has 7 nitrogen and oxygen atoms in total. The van der Waals surface area contributed by atoms with E-state index in [0.29, 0.717) is 0 Å². The molecule has 0 radical (unpaired) electrons. The van der Waals surface area contributed by atoms with E-state index in [1.807, 2.05) is 6.92 Å². The Bertz CT molecular complexity index is 609. The molecule has 1 saturated heterocycles. The molecule has 3 N–H and O–H groups in total. The number of urea groups is 1. The Morgan fingerprint density at radius 3 is 2.91 bits per heavy atom. The molecule has 0 bridgehead atoms. The number of amides is 2. The number of carbonyl (C=O) groups is 1. The second kappa shape index (κ2) is 7.40. The van der Waals surface area contributed by atoms with E-state index in [-0.39, 0.29) is 28.9 Å². The van der Waals surface area contributed by atoms with E-state index in [1.54, 1.807) is 6.07 Å². The lowest BCUT2D eigenvalue weighted by atomic mass is 10.1. The summed E-state index contributed by atoms with van der Waals surface area (Å²) in [4.78, 5) is 12.6. The molecule has 0 aliphatic carbocycles. The van der Waals surface area contributed by atoms with E-state index in [0.717, 1.165) is 35.7 Å². The third kappa shape index (κ3) is 4.42. The van der Waals surface area contributed by atoms with Crippen LogP contribution in [0.3, 0.4) is 0 Å². The van der Waals surface area contributed by atoms with Crippen LogP contribution in [0.5, 0.6) is 0 Å². The normalized spacial score (nSPS) is 19.8. The first-order valence-corrected chi connectivity index (χ1v) is 9.40. The zero-order chi connectivity index (χ0) is 16.2. The van der Waals surface area contributed by atoms with E-state index < -0.39 is 10.0 Å². The summed E-state index contributed by atoms with van der Waals surface area (Å²) in [6.07, 6.45) is 2.05. The van der Waals surface area contributed by atoms with Crippen LogP contribution < -0.4 is 15.4 Å². The number of rotatable bonds is 6. The fraction of sp³-hybridized carbons (Fsp3) is 0.615. The summed E-state index contributed by atoms with van der Waals surface area (Å²) >= 11 is 1.13. The van der Waals surface area contributed by atoms with Gasteiger partial charge in [0.15, 0.2) is 0 Å². The highest BCUT2D eigenvalue weighted by atomic mass is 32.2. The molecule has 0 saturated carbocycles. The van der Waals surface area contributed by atoms with Crippen molar-refractivity contribution in [3.8, 4) is 0 Å². The maximum atomic E-state index is 11.8. The number of carbonyl (C=O) groups excluding carboxylic acids is 1. The Kier molecular flexibility index (Phi) is 5.79. The second-order valence-electron chi connectivity index (χ2n) is 5.10. The Morgan fingerprint density at radius 2 is 2.27 bits per heavy atom. The minimum atomic E-state index is -3.42. The molecule has 1 aromatic rings. The van der Waals surface area contributed by atoms with Crippen molar-refractivity contribution in [2.75, 3.05) is 13.7 Å². The minimum Gasteiger partial charge on any atom is -0.376 e. The predicted octanol–water partition coefficient (Wildman–Crippen LogP) is 1.02. The van der Waals surface area contributed by atoms with Crippen LogP contribution >= 0.6 is 11.3 Å². The number of sulfonamides is 1. The molecule has 2 amide bonds. The average molecular weight is 347 g/mol. The van der Waals surface area contributed by atoms with Gasteiger partial charge in [0.1, 0.15) is 4.21 Å². The van der Waals surface area contributed by atoms with Crippen molar-refractivity contribution in [1.29, 1.82) is 0 Å². The molecule has 2 heterocycles. The molecule has 124 valence electrons. The Labute approximate surface area is 134 Å². The van der Waals surface area contributed by atoms with Gasteiger partial charge in [-0.1, -0.05) is 0 Å². The van der Waals surface area contributed by atoms with Crippen LogP contribution in [0, 0.1) is 0 Å². The minimum absolute atomic E-state index is 0.0499. The number of nitrogens with one attached hydrogen (secondary N) is 3. The molecule has 1 aliphatic rings. The highest BCUT2D eigenvalue weighted by Crippen LogP contribution is 2.21. The van der Waals surface area contributed by atoms with Crippen molar-refractivity contribution >= 4 is 27.4 Å². The van der Waals surface area contributed by atoms with E-state index in [2.05, 4.69) is 15.4 Å². The smallest absolute Gasteiger partial charge is 0.315 e. The van der Waals surface area contributed by atoms with Gasteiger partial charge in [-0.2, -0.15) is 0 Å². The quantitative estimate of drug-likeness (QED) is 0.716. The second-order valence-corrected chi connectivity index (χ2v) is 8.38. The summed E-state index contributed by atoms with van der Waals surface area (Å²) in [6.45, 7) is 2.95. The fourth-order valence-corrected chi connectivity index (χ4v) is 4.35. The fourth-order valence-electron chi connectivity index (χ4n) is 2.21. The first kappa shape index (κ1) is 17.2. The van der Waals surface area contributed by atoms with Gasteiger partial charge >= 0.3 is 6.03 Å². The summed E-state index contributed by atoms with van der Waals surface area (Å²) < 4.78 is 31.3. The zero-order valence-electron chi connectivity index (χ0n) is 12.6. The summed E-state index contributed by atoms with van der Waals surface area (Å²) in [5.41, 5.74) is 0. The number of hydrogen-bond acceptors (Lipinski definition) is 5. The largest absolute Gasteiger partial charge is 0.376 e. The van der Waals surface area contributed by atoms with Gasteiger partial charge in [0.05, 0.1) is 18.7 Å². The molecule has 0 spiro atoms. The summed E-state index contributed by atoms with van der Waals surface area (Å²) in [5, 5.41) is 5.56. The van der Waals surface area contributed by atoms with Crippen LogP contribution in [0.4, 0.5) is 4.79 Å². The van der Waals surface area contributed by atoms with Crippen molar-refractivity contribution in [2.24, 2.45) is 0 Å². The van der Waals surface area contributed by atoms with Gasteiger partial charge in [-0.15, -0.1) is 11.3 Å². The SMILES string of the molecule is CNS(=O)(=O)c1ccc(CNC(=O)N[C@H](C)[C@H]2CCCO2)s1. The summed E-state index contributed by atoms with van der Waals surface area (Å²) in [6, 6.07) is 2.89. The highest BCUT2D eigenvalue weighted by molar-refractivity contribution is 7.91. The topological polar surface area (TPSA) is 96.5 Å². The van der Waals surface area contributed by atoms with Crippen LogP contribution in [0.1, 0.15) is 24.6 Å². The molecule has 22 heavy (non-hydrogen) atoms.